The van der Waals surface area contributed by atoms with Gasteiger partial charge in [0, 0.05) is 11.2 Å². The Morgan fingerprint density at radius 1 is 1.19 bits per heavy atom. The standard InChI is InChI=1S/C19H18BrClN4S/c1-13(14-7-3-2-4-8-14)22-19(26)23-18-16(20)12-25(24-18)11-15-9-5-6-10-17(15)21/h2-10,12-13H,11H2,1H3,(H2,22,23,24,26). The van der Waals surface area contributed by atoms with Crippen molar-refractivity contribution < 1.29 is 0 Å². The number of rotatable bonds is 5. The van der Waals surface area contributed by atoms with Crippen molar-refractivity contribution in [2.75, 3.05) is 5.32 Å². The Morgan fingerprint density at radius 3 is 2.62 bits per heavy atom. The normalized spacial score (nSPS) is 11.8. The first-order valence-corrected chi connectivity index (χ1v) is 9.69. The van der Waals surface area contributed by atoms with E-state index in [-0.39, 0.29) is 6.04 Å². The van der Waals surface area contributed by atoms with Crippen LogP contribution in [0.2, 0.25) is 5.02 Å². The third kappa shape index (κ3) is 4.84. The molecule has 7 heteroatoms. The molecule has 4 nitrogen and oxygen atoms in total. The Morgan fingerprint density at radius 2 is 1.88 bits per heavy atom. The molecule has 1 atom stereocenters. The molecular formula is C19H18BrClN4S. The van der Waals surface area contributed by atoms with Crippen molar-refractivity contribution in [1.82, 2.24) is 15.1 Å². The number of aromatic nitrogens is 2. The Balaban J connectivity index is 1.64. The first-order valence-electron chi connectivity index (χ1n) is 8.12. The van der Waals surface area contributed by atoms with Gasteiger partial charge in [-0.15, -0.1) is 0 Å². The molecule has 0 amide bonds. The summed E-state index contributed by atoms with van der Waals surface area (Å²) in [5.41, 5.74) is 2.18. The summed E-state index contributed by atoms with van der Waals surface area (Å²) in [6.45, 7) is 2.65. The predicted molar refractivity (Wildman–Crippen MR) is 115 cm³/mol. The zero-order valence-electron chi connectivity index (χ0n) is 14.1. The van der Waals surface area contributed by atoms with E-state index in [1.165, 1.54) is 5.56 Å². The van der Waals surface area contributed by atoms with Crippen LogP contribution in [0, 0.1) is 0 Å². The summed E-state index contributed by atoms with van der Waals surface area (Å²) >= 11 is 15.2. The first kappa shape index (κ1) is 18.9. The molecule has 0 aliphatic carbocycles. The van der Waals surface area contributed by atoms with Gasteiger partial charge in [-0.05, 0) is 52.3 Å². The molecule has 3 rings (SSSR count). The number of nitrogens with one attached hydrogen (secondary N) is 2. The molecule has 3 aromatic rings. The number of hydrogen-bond acceptors (Lipinski definition) is 2. The van der Waals surface area contributed by atoms with E-state index in [2.05, 4.69) is 50.7 Å². The summed E-state index contributed by atoms with van der Waals surface area (Å²) in [6.07, 6.45) is 1.90. The van der Waals surface area contributed by atoms with E-state index < -0.39 is 0 Å². The molecule has 0 radical (unpaired) electrons. The van der Waals surface area contributed by atoms with Crippen LogP contribution in [0.4, 0.5) is 5.82 Å². The largest absolute Gasteiger partial charge is 0.356 e. The summed E-state index contributed by atoms with van der Waals surface area (Å²) in [6, 6.07) is 18.0. The van der Waals surface area contributed by atoms with Gasteiger partial charge >= 0.3 is 0 Å². The van der Waals surface area contributed by atoms with E-state index in [0.717, 1.165) is 15.1 Å². The summed E-state index contributed by atoms with van der Waals surface area (Å²) in [4.78, 5) is 0. The molecule has 0 saturated carbocycles. The molecule has 0 spiro atoms. The van der Waals surface area contributed by atoms with E-state index in [9.17, 15) is 0 Å². The fourth-order valence-corrected chi connectivity index (χ4v) is 3.41. The molecule has 2 N–H and O–H groups in total. The molecular weight excluding hydrogens is 432 g/mol. The van der Waals surface area contributed by atoms with Crippen LogP contribution in [0.1, 0.15) is 24.1 Å². The lowest BCUT2D eigenvalue weighted by Crippen LogP contribution is -2.31. The van der Waals surface area contributed by atoms with E-state index in [0.29, 0.717) is 17.5 Å². The summed E-state index contributed by atoms with van der Waals surface area (Å²) in [5.74, 6) is 0.662. The topological polar surface area (TPSA) is 41.9 Å². The molecule has 1 heterocycles. The van der Waals surface area contributed by atoms with Crippen molar-refractivity contribution in [3.63, 3.8) is 0 Å². The van der Waals surface area contributed by atoms with E-state index in [4.69, 9.17) is 23.8 Å². The van der Waals surface area contributed by atoms with Crippen molar-refractivity contribution in [3.8, 4) is 0 Å². The Labute approximate surface area is 171 Å². The number of nitrogens with zero attached hydrogens (tertiary/aromatic N) is 2. The Bertz CT molecular complexity index is 898. The molecule has 0 aliphatic heterocycles. The van der Waals surface area contributed by atoms with Crippen LogP contribution in [-0.2, 0) is 6.54 Å². The molecule has 2 aromatic carbocycles. The van der Waals surface area contributed by atoms with Crippen LogP contribution >= 0.6 is 39.7 Å². The van der Waals surface area contributed by atoms with Gasteiger partial charge in [0.15, 0.2) is 10.9 Å². The molecule has 0 saturated heterocycles. The van der Waals surface area contributed by atoms with Crippen LogP contribution in [0.25, 0.3) is 0 Å². The van der Waals surface area contributed by atoms with Crippen LogP contribution in [-0.4, -0.2) is 14.9 Å². The van der Waals surface area contributed by atoms with Gasteiger partial charge < -0.3 is 10.6 Å². The zero-order valence-corrected chi connectivity index (χ0v) is 17.3. The van der Waals surface area contributed by atoms with Gasteiger partial charge in [-0.2, -0.15) is 5.10 Å². The fraction of sp³-hybridized carbons (Fsp3) is 0.158. The van der Waals surface area contributed by atoms with Gasteiger partial charge in [0.25, 0.3) is 0 Å². The van der Waals surface area contributed by atoms with Gasteiger partial charge in [0.05, 0.1) is 17.1 Å². The average molecular weight is 450 g/mol. The van der Waals surface area contributed by atoms with Crippen LogP contribution < -0.4 is 10.6 Å². The second-order valence-electron chi connectivity index (χ2n) is 5.85. The van der Waals surface area contributed by atoms with Crippen LogP contribution in [0.5, 0.6) is 0 Å². The second-order valence-corrected chi connectivity index (χ2v) is 7.52. The summed E-state index contributed by atoms with van der Waals surface area (Å²) < 4.78 is 2.65. The molecule has 134 valence electrons. The Kier molecular flexibility index (Phi) is 6.29. The smallest absolute Gasteiger partial charge is 0.172 e. The minimum absolute atomic E-state index is 0.0974. The first-order chi connectivity index (χ1) is 12.5. The number of halogens is 2. The van der Waals surface area contributed by atoms with Crippen molar-refractivity contribution in [2.24, 2.45) is 0 Å². The summed E-state index contributed by atoms with van der Waals surface area (Å²) in [5, 5.41) is 12.2. The summed E-state index contributed by atoms with van der Waals surface area (Å²) in [7, 11) is 0. The van der Waals surface area contributed by atoms with Crippen LogP contribution in [0.15, 0.2) is 65.3 Å². The highest BCUT2D eigenvalue weighted by Crippen LogP contribution is 2.23. The molecule has 1 aromatic heterocycles. The van der Waals surface area contributed by atoms with Gasteiger partial charge in [0.2, 0.25) is 0 Å². The van der Waals surface area contributed by atoms with E-state index in [1.807, 2.05) is 53.3 Å². The number of anilines is 1. The quantitative estimate of drug-likeness (QED) is 0.512. The van der Waals surface area contributed by atoms with Crippen molar-refractivity contribution in [2.45, 2.75) is 19.5 Å². The predicted octanol–water partition coefficient (Wildman–Crippen LogP) is 5.39. The number of hydrogen-bond donors (Lipinski definition) is 2. The Hall–Kier alpha value is -1.89. The monoisotopic (exact) mass is 448 g/mol. The number of benzene rings is 2. The highest BCUT2D eigenvalue weighted by atomic mass is 79.9. The highest BCUT2D eigenvalue weighted by Gasteiger charge is 2.12. The number of thiocarbonyl (C=S) groups is 1. The lowest BCUT2D eigenvalue weighted by atomic mass is 10.1. The maximum absolute atomic E-state index is 6.22. The van der Waals surface area contributed by atoms with E-state index in [1.54, 1.807) is 0 Å². The minimum Gasteiger partial charge on any atom is -0.356 e. The molecule has 0 fully saturated rings. The van der Waals surface area contributed by atoms with Crippen molar-refractivity contribution >= 4 is 50.7 Å². The van der Waals surface area contributed by atoms with Crippen molar-refractivity contribution in [3.05, 3.63) is 81.4 Å². The average Bonchev–Trinajstić information content (AvgIpc) is 2.96. The zero-order chi connectivity index (χ0) is 18.5. The second kappa shape index (κ2) is 8.66. The van der Waals surface area contributed by atoms with Gasteiger partial charge in [-0.3, -0.25) is 4.68 Å². The van der Waals surface area contributed by atoms with Crippen molar-refractivity contribution in [1.29, 1.82) is 0 Å². The third-order valence-electron chi connectivity index (χ3n) is 3.89. The lowest BCUT2D eigenvalue weighted by molar-refractivity contribution is 0.688. The molecule has 0 bridgehead atoms. The maximum Gasteiger partial charge on any atom is 0.172 e. The fourth-order valence-electron chi connectivity index (χ4n) is 2.53. The van der Waals surface area contributed by atoms with Crippen LogP contribution in [0.3, 0.4) is 0 Å². The van der Waals surface area contributed by atoms with Gasteiger partial charge in [-0.25, -0.2) is 0 Å². The maximum atomic E-state index is 6.22. The minimum atomic E-state index is 0.0974. The molecule has 1 unspecified atom stereocenters. The van der Waals surface area contributed by atoms with Gasteiger partial charge in [0.1, 0.15) is 0 Å². The molecule has 26 heavy (non-hydrogen) atoms. The SMILES string of the molecule is CC(NC(=S)Nc1nn(Cc2ccccc2Cl)cc1Br)c1ccccc1. The van der Waals surface area contributed by atoms with Gasteiger partial charge in [-0.1, -0.05) is 60.1 Å². The highest BCUT2D eigenvalue weighted by molar-refractivity contribution is 9.10. The third-order valence-corrected chi connectivity index (χ3v) is 5.06. The molecule has 0 aliphatic rings. The van der Waals surface area contributed by atoms with E-state index >= 15 is 0 Å². The lowest BCUT2D eigenvalue weighted by Gasteiger charge is -2.16.